The number of ketones is 1. The number of hydrogen-bond donors (Lipinski definition) is 1. The summed E-state index contributed by atoms with van der Waals surface area (Å²) >= 11 is 11.5. The first-order valence-corrected chi connectivity index (χ1v) is 9.54. The molecule has 0 aliphatic carbocycles. The number of aromatic hydroxyl groups is 1. The Morgan fingerprint density at radius 2 is 1.47 bits per heavy atom. The number of rotatable bonds is 5. The normalized spacial score (nSPS) is 10.6. The summed E-state index contributed by atoms with van der Waals surface area (Å²) in [6.07, 6.45) is 0. The Labute approximate surface area is 181 Å². The quantitative estimate of drug-likeness (QED) is 0.410. The summed E-state index contributed by atoms with van der Waals surface area (Å²) < 4.78 is 5.50. The molecule has 0 radical (unpaired) electrons. The van der Waals surface area contributed by atoms with Gasteiger partial charge >= 0.3 is 6.01 Å². The van der Waals surface area contributed by atoms with Gasteiger partial charge < -0.3 is 9.84 Å². The van der Waals surface area contributed by atoms with Gasteiger partial charge in [-0.05, 0) is 40.9 Å². The van der Waals surface area contributed by atoms with Crippen molar-refractivity contribution in [2.24, 2.45) is 0 Å². The van der Waals surface area contributed by atoms with Crippen molar-refractivity contribution in [1.29, 1.82) is 0 Å². The largest absolute Gasteiger partial charge is 0.507 e. The Morgan fingerprint density at radius 1 is 0.800 bits per heavy atom. The molecule has 0 aliphatic heterocycles. The molecule has 4 rings (SSSR count). The van der Waals surface area contributed by atoms with Gasteiger partial charge in [-0.2, -0.15) is 15.0 Å². The van der Waals surface area contributed by atoms with E-state index in [1.807, 2.05) is 6.07 Å². The van der Waals surface area contributed by atoms with Crippen molar-refractivity contribution in [2.45, 2.75) is 0 Å². The van der Waals surface area contributed by atoms with Gasteiger partial charge in [0.2, 0.25) is 10.6 Å². The fourth-order valence-corrected chi connectivity index (χ4v) is 3.27. The fourth-order valence-electron chi connectivity index (χ4n) is 2.92. The third-order valence-electron chi connectivity index (χ3n) is 4.24. The van der Waals surface area contributed by atoms with Crippen molar-refractivity contribution in [3.8, 4) is 28.6 Å². The second-order valence-corrected chi connectivity index (χ2v) is 6.85. The monoisotopic (exact) mass is 437 g/mol. The van der Waals surface area contributed by atoms with Crippen LogP contribution in [0.4, 0.5) is 0 Å². The number of ether oxygens (including phenoxy) is 1. The summed E-state index contributed by atoms with van der Waals surface area (Å²) in [5.41, 5.74) is 2.12. The average Bonchev–Trinajstić information content (AvgIpc) is 2.73. The first-order valence-electron chi connectivity index (χ1n) is 8.78. The van der Waals surface area contributed by atoms with Gasteiger partial charge in [-0.15, -0.1) is 0 Å². The predicted octanol–water partition coefficient (Wildman–Crippen LogP) is 5.57. The Bertz CT molecular complexity index is 1210. The van der Waals surface area contributed by atoms with Crippen molar-refractivity contribution in [3.05, 3.63) is 94.5 Å². The highest BCUT2D eigenvalue weighted by Gasteiger charge is 2.17. The molecule has 8 heteroatoms. The molecule has 0 spiro atoms. The summed E-state index contributed by atoms with van der Waals surface area (Å²) in [7, 11) is 0. The first-order chi connectivity index (χ1) is 14.5. The van der Waals surface area contributed by atoms with Crippen LogP contribution in [0.5, 0.6) is 17.5 Å². The van der Waals surface area contributed by atoms with Crippen molar-refractivity contribution >= 4 is 29.0 Å². The van der Waals surface area contributed by atoms with Crippen LogP contribution < -0.4 is 4.74 Å². The number of carbonyl (C=O) groups excluding carboxylic acids is 1. The number of phenolic OH excluding ortho intramolecular Hbond substituents is 1. The van der Waals surface area contributed by atoms with E-state index in [-0.39, 0.29) is 33.9 Å². The van der Waals surface area contributed by atoms with E-state index in [1.165, 1.54) is 6.07 Å². The summed E-state index contributed by atoms with van der Waals surface area (Å²) in [5.74, 6) is 0.0499. The van der Waals surface area contributed by atoms with E-state index >= 15 is 0 Å². The van der Waals surface area contributed by atoms with Gasteiger partial charge in [-0.1, -0.05) is 54.6 Å². The van der Waals surface area contributed by atoms with E-state index in [9.17, 15) is 9.90 Å². The number of phenols is 1. The predicted molar refractivity (Wildman–Crippen MR) is 113 cm³/mol. The van der Waals surface area contributed by atoms with Gasteiger partial charge in [0, 0.05) is 22.8 Å². The number of halogens is 2. The van der Waals surface area contributed by atoms with Gasteiger partial charge in [0.1, 0.15) is 11.5 Å². The molecule has 148 valence electrons. The van der Waals surface area contributed by atoms with Crippen LogP contribution >= 0.6 is 23.2 Å². The molecule has 1 heterocycles. The topological polar surface area (TPSA) is 85.2 Å². The van der Waals surface area contributed by atoms with Gasteiger partial charge in [-0.3, -0.25) is 4.79 Å². The Kier molecular flexibility index (Phi) is 5.61. The Morgan fingerprint density at radius 3 is 2.17 bits per heavy atom. The number of nitrogens with zero attached hydrogens (tertiary/aromatic N) is 3. The third-order valence-corrected chi connectivity index (χ3v) is 4.57. The van der Waals surface area contributed by atoms with Gasteiger partial charge in [-0.25, -0.2) is 0 Å². The van der Waals surface area contributed by atoms with Crippen molar-refractivity contribution < 1.29 is 14.6 Å². The van der Waals surface area contributed by atoms with Gasteiger partial charge in [0.25, 0.3) is 0 Å². The second-order valence-electron chi connectivity index (χ2n) is 6.18. The zero-order valence-corrected chi connectivity index (χ0v) is 16.8. The second kappa shape index (κ2) is 8.49. The van der Waals surface area contributed by atoms with Crippen LogP contribution in [0.25, 0.3) is 11.1 Å². The molecule has 0 unspecified atom stereocenters. The number of carbonyl (C=O) groups is 1. The smallest absolute Gasteiger partial charge is 0.327 e. The lowest BCUT2D eigenvalue weighted by molar-refractivity contribution is 0.103. The van der Waals surface area contributed by atoms with E-state index < -0.39 is 0 Å². The highest BCUT2D eigenvalue weighted by atomic mass is 35.5. The average molecular weight is 438 g/mol. The molecule has 1 aromatic heterocycles. The summed E-state index contributed by atoms with van der Waals surface area (Å²) in [6.45, 7) is 0. The number of benzene rings is 3. The molecular weight excluding hydrogens is 425 g/mol. The maximum Gasteiger partial charge on any atom is 0.327 e. The van der Waals surface area contributed by atoms with E-state index in [0.29, 0.717) is 22.3 Å². The minimum Gasteiger partial charge on any atom is -0.507 e. The van der Waals surface area contributed by atoms with Crippen LogP contribution in [-0.4, -0.2) is 25.8 Å². The SMILES string of the molecule is O=C(c1ccccc1)c1ccccc1-c1ccc(Oc2nc(Cl)nc(Cl)n2)cc1O. The van der Waals surface area contributed by atoms with Crippen LogP contribution in [-0.2, 0) is 0 Å². The third kappa shape index (κ3) is 4.25. The minimum atomic E-state index is -0.139. The maximum absolute atomic E-state index is 13.0. The molecule has 6 nitrogen and oxygen atoms in total. The molecule has 0 saturated carbocycles. The van der Waals surface area contributed by atoms with Crippen LogP contribution in [0.3, 0.4) is 0 Å². The number of aromatic nitrogens is 3. The Balaban J connectivity index is 1.68. The van der Waals surface area contributed by atoms with Gasteiger partial charge in [0.05, 0.1) is 0 Å². The summed E-state index contributed by atoms with van der Waals surface area (Å²) in [5, 5.41) is 10.4. The maximum atomic E-state index is 13.0. The summed E-state index contributed by atoms with van der Waals surface area (Å²) in [6, 6.07) is 20.6. The van der Waals surface area contributed by atoms with E-state index in [0.717, 1.165) is 0 Å². The van der Waals surface area contributed by atoms with Crippen molar-refractivity contribution in [1.82, 2.24) is 15.0 Å². The lowest BCUT2D eigenvalue weighted by Crippen LogP contribution is -2.03. The lowest BCUT2D eigenvalue weighted by atomic mass is 9.93. The van der Waals surface area contributed by atoms with Crippen molar-refractivity contribution in [3.63, 3.8) is 0 Å². The molecule has 4 aromatic rings. The molecule has 0 fully saturated rings. The van der Waals surface area contributed by atoms with Gasteiger partial charge in [0.15, 0.2) is 5.78 Å². The molecule has 0 amide bonds. The molecule has 0 bridgehead atoms. The standard InChI is InChI=1S/C22H13Cl2N3O3/c23-20-25-21(24)27-22(26-20)30-14-10-11-16(18(28)12-14)15-8-4-5-9-17(15)19(29)13-6-2-1-3-7-13/h1-12,28H. The lowest BCUT2D eigenvalue weighted by Gasteiger charge is -2.12. The zero-order chi connectivity index (χ0) is 21.1. The zero-order valence-electron chi connectivity index (χ0n) is 15.3. The van der Waals surface area contributed by atoms with Crippen LogP contribution in [0.2, 0.25) is 10.6 Å². The van der Waals surface area contributed by atoms with Crippen molar-refractivity contribution in [2.75, 3.05) is 0 Å². The molecule has 3 aromatic carbocycles. The molecular formula is C22H13Cl2N3O3. The summed E-state index contributed by atoms with van der Waals surface area (Å²) in [4.78, 5) is 24.3. The highest BCUT2D eigenvalue weighted by molar-refractivity contribution is 6.31. The molecule has 0 atom stereocenters. The molecule has 0 aliphatic rings. The van der Waals surface area contributed by atoms with E-state index in [4.69, 9.17) is 27.9 Å². The van der Waals surface area contributed by atoms with Crippen LogP contribution in [0.15, 0.2) is 72.8 Å². The number of hydrogen-bond acceptors (Lipinski definition) is 6. The molecule has 0 saturated heterocycles. The Hall–Kier alpha value is -3.48. The fraction of sp³-hybridized carbons (Fsp3) is 0. The molecule has 30 heavy (non-hydrogen) atoms. The van der Waals surface area contributed by atoms with E-state index in [2.05, 4.69) is 15.0 Å². The van der Waals surface area contributed by atoms with Crippen LogP contribution in [0, 0.1) is 0 Å². The first kappa shape index (κ1) is 19.8. The molecule has 1 N–H and O–H groups in total. The highest BCUT2D eigenvalue weighted by Crippen LogP contribution is 2.36. The van der Waals surface area contributed by atoms with E-state index in [1.54, 1.807) is 60.7 Å². The minimum absolute atomic E-state index is 0.0768. The van der Waals surface area contributed by atoms with Crippen LogP contribution in [0.1, 0.15) is 15.9 Å².